The van der Waals surface area contributed by atoms with Gasteiger partial charge in [-0.15, -0.1) is 0 Å². The molecule has 10 atom stereocenters. The van der Waals surface area contributed by atoms with E-state index in [0.717, 1.165) is 37.7 Å². The summed E-state index contributed by atoms with van der Waals surface area (Å²) in [5.74, 6) is 2.33. The molecule has 5 aliphatic rings. The van der Waals surface area contributed by atoms with Gasteiger partial charge >= 0.3 is 0 Å². The number of ketones is 1. The lowest BCUT2D eigenvalue weighted by molar-refractivity contribution is -0.189. The van der Waals surface area contributed by atoms with E-state index >= 15 is 0 Å². The van der Waals surface area contributed by atoms with Crippen LogP contribution in [0.3, 0.4) is 0 Å². The molecular weight excluding hydrogens is 420 g/mol. The van der Waals surface area contributed by atoms with Gasteiger partial charge < -0.3 is 10.2 Å². The summed E-state index contributed by atoms with van der Waals surface area (Å²) in [6.45, 7) is 19.7. The van der Waals surface area contributed by atoms with Crippen molar-refractivity contribution in [3.63, 3.8) is 0 Å². The molecule has 10 unspecified atom stereocenters. The number of fused-ring (bicyclic) bond motifs is 2. The molecule has 5 fully saturated rings. The molecule has 0 heterocycles. The maximum atomic E-state index is 12.9. The highest BCUT2D eigenvalue weighted by Gasteiger charge is 2.83. The average Bonchev–Trinajstić information content (AvgIpc) is 3.31. The standard InChI is InChI=1S/C31H50O3/c1-19(2)29(8,34)13-9-20(3)21-10-12-28(7)25-22(32)17-23-26(4,5)24(33)11-14-30(23)18-31(25,30)16-15-27(21,28)6/h20-23,25,32,34H,1,9-18H2,2-8H3. The van der Waals surface area contributed by atoms with Gasteiger partial charge in [0.2, 0.25) is 0 Å². The van der Waals surface area contributed by atoms with Crippen molar-refractivity contribution in [1.29, 1.82) is 0 Å². The van der Waals surface area contributed by atoms with Crippen LogP contribution in [-0.4, -0.2) is 27.7 Å². The molecule has 0 saturated heterocycles. The van der Waals surface area contributed by atoms with Crippen LogP contribution in [0.4, 0.5) is 0 Å². The highest BCUT2D eigenvalue weighted by molar-refractivity contribution is 5.86. The van der Waals surface area contributed by atoms with Gasteiger partial charge in [-0.2, -0.15) is 0 Å². The Bertz CT molecular complexity index is 902. The van der Waals surface area contributed by atoms with Crippen LogP contribution in [0, 0.1) is 50.7 Å². The van der Waals surface area contributed by atoms with Gasteiger partial charge in [0.1, 0.15) is 5.78 Å². The second-order valence-corrected chi connectivity index (χ2v) is 15.0. The molecule has 2 spiro atoms. The van der Waals surface area contributed by atoms with E-state index < -0.39 is 5.60 Å². The summed E-state index contributed by atoms with van der Waals surface area (Å²) in [5.41, 5.74) is 0.715. The first-order valence-corrected chi connectivity index (χ1v) is 14.2. The minimum Gasteiger partial charge on any atom is -0.393 e. The first-order chi connectivity index (χ1) is 15.6. The Morgan fingerprint density at radius 3 is 2.44 bits per heavy atom. The number of aliphatic hydroxyl groups excluding tert-OH is 1. The first-order valence-electron chi connectivity index (χ1n) is 14.2. The summed E-state index contributed by atoms with van der Waals surface area (Å²) in [4.78, 5) is 12.9. The van der Waals surface area contributed by atoms with E-state index in [9.17, 15) is 15.0 Å². The van der Waals surface area contributed by atoms with Gasteiger partial charge in [0, 0.05) is 11.8 Å². The third-order valence-electron chi connectivity index (χ3n) is 13.6. The van der Waals surface area contributed by atoms with Crippen LogP contribution in [-0.2, 0) is 4.79 Å². The summed E-state index contributed by atoms with van der Waals surface area (Å²) in [6.07, 6.45) is 10.3. The molecule has 0 aromatic carbocycles. The van der Waals surface area contributed by atoms with E-state index in [4.69, 9.17) is 0 Å². The molecule has 0 aromatic heterocycles. The number of Topliss-reactive ketones (excluding diaryl/α,β-unsaturated/α-hetero) is 1. The zero-order valence-electron chi connectivity index (χ0n) is 23.0. The second kappa shape index (κ2) is 7.21. The van der Waals surface area contributed by atoms with E-state index in [0.29, 0.717) is 34.9 Å². The SMILES string of the molecule is C=C(C)C(C)(O)CCC(C)C1CCC2(C)C3C(O)CC4C(C)(C)C(=O)CCC45CC35CCC12C. The van der Waals surface area contributed by atoms with Crippen LogP contribution in [0.1, 0.15) is 113 Å². The van der Waals surface area contributed by atoms with Gasteiger partial charge in [-0.05, 0) is 123 Å². The zero-order valence-corrected chi connectivity index (χ0v) is 23.0. The number of carbonyl (C=O) groups excluding carboxylic acids is 1. The fourth-order valence-electron chi connectivity index (χ4n) is 11.0. The maximum Gasteiger partial charge on any atom is 0.138 e. The van der Waals surface area contributed by atoms with E-state index in [1.807, 2.05) is 13.8 Å². The molecule has 2 N–H and O–H groups in total. The lowest BCUT2D eigenvalue weighted by Crippen LogP contribution is -2.61. The van der Waals surface area contributed by atoms with Crippen LogP contribution in [0.2, 0.25) is 0 Å². The Morgan fingerprint density at radius 2 is 1.79 bits per heavy atom. The van der Waals surface area contributed by atoms with Crippen molar-refractivity contribution in [2.24, 2.45) is 50.7 Å². The summed E-state index contributed by atoms with van der Waals surface area (Å²) in [5, 5.41) is 22.6. The zero-order chi connectivity index (χ0) is 25.1. The molecule has 0 radical (unpaired) electrons. The number of carbonyl (C=O) groups is 1. The van der Waals surface area contributed by atoms with Crippen molar-refractivity contribution in [2.75, 3.05) is 0 Å². The van der Waals surface area contributed by atoms with Crippen LogP contribution in [0.15, 0.2) is 12.2 Å². The lowest BCUT2D eigenvalue weighted by atomic mass is 9.41. The first kappa shape index (κ1) is 25.0. The molecule has 3 heteroatoms. The summed E-state index contributed by atoms with van der Waals surface area (Å²) in [6, 6.07) is 0. The van der Waals surface area contributed by atoms with Gasteiger partial charge in [0.25, 0.3) is 0 Å². The molecule has 0 aromatic rings. The number of aliphatic hydroxyl groups is 2. The molecule has 34 heavy (non-hydrogen) atoms. The number of rotatable bonds is 5. The second-order valence-electron chi connectivity index (χ2n) is 15.0. The van der Waals surface area contributed by atoms with Gasteiger partial charge in [0.15, 0.2) is 0 Å². The molecule has 5 aliphatic carbocycles. The van der Waals surface area contributed by atoms with E-state index in [2.05, 4.69) is 41.2 Å². The molecule has 0 bridgehead atoms. The predicted molar refractivity (Wildman–Crippen MR) is 137 cm³/mol. The van der Waals surface area contributed by atoms with Gasteiger partial charge in [0.05, 0.1) is 11.7 Å². The van der Waals surface area contributed by atoms with Gasteiger partial charge in [-0.25, -0.2) is 0 Å². The third-order valence-corrected chi connectivity index (χ3v) is 13.6. The quantitative estimate of drug-likeness (QED) is 0.439. The summed E-state index contributed by atoms with van der Waals surface area (Å²) >= 11 is 0. The fourth-order valence-corrected chi connectivity index (χ4v) is 11.0. The van der Waals surface area contributed by atoms with Gasteiger partial charge in [-0.1, -0.05) is 41.2 Å². The van der Waals surface area contributed by atoms with Crippen LogP contribution < -0.4 is 0 Å². The maximum absolute atomic E-state index is 12.9. The van der Waals surface area contributed by atoms with Crippen LogP contribution in [0.5, 0.6) is 0 Å². The Hall–Kier alpha value is -0.670. The number of hydrogen-bond donors (Lipinski definition) is 2. The molecule has 192 valence electrons. The molecule has 5 rings (SSSR count). The Balaban J connectivity index is 1.42. The van der Waals surface area contributed by atoms with E-state index in [1.165, 1.54) is 32.1 Å². The Morgan fingerprint density at radius 1 is 1.12 bits per heavy atom. The van der Waals surface area contributed by atoms with Crippen LogP contribution >= 0.6 is 0 Å². The third kappa shape index (κ3) is 2.86. The molecular formula is C31H50O3. The highest BCUT2D eigenvalue weighted by Crippen LogP contribution is 2.88. The number of hydrogen-bond acceptors (Lipinski definition) is 3. The highest BCUT2D eigenvalue weighted by atomic mass is 16.3. The van der Waals surface area contributed by atoms with Crippen molar-refractivity contribution >= 4 is 5.78 Å². The largest absolute Gasteiger partial charge is 0.393 e. The van der Waals surface area contributed by atoms with Crippen molar-refractivity contribution < 1.29 is 15.0 Å². The van der Waals surface area contributed by atoms with E-state index in [-0.39, 0.29) is 27.8 Å². The Labute approximate surface area is 208 Å². The topological polar surface area (TPSA) is 57.5 Å². The molecule has 0 aliphatic heterocycles. The molecule has 5 saturated carbocycles. The summed E-state index contributed by atoms with van der Waals surface area (Å²) in [7, 11) is 0. The van der Waals surface area contributed by atoms with Crippen LogP contribution in [0.25, 0.3) is 0 Å². The lowest BCUT2D eigenvalue weighted by Gasteiger charge is -2.64. The van der Waals surface area contributed by atoms with Gasteiger partial charge in [-0.3, -0.25) is 4.79 Å². The minimum absolute atomic E-state index is 0.153. The smallest absolute Gasteiger partial charge is 0.138 e. The van der Waals surface area contributed by atoms with Crippen molar-refractivity contribution in [2.45, 2.75) is 124 Å². The van der Waals surface area contributed by atoms with Crippen molar-refractivity contribution in [3.8, 4) is 0 Å². The normalized spacial score (nSPS) is 51.4. The van der Waals surface area contributed by atoms with Crippen molar-refractivity contribution in [1.82, 2.24) is 0 Å². The summed E-state index contributed by atoms with van der Waals surface area (Å²) < 4.78 is 0. The molecule has 0 amide bonds. The predicted octanol–water partition coefficient (Wildman–Crippen LogP) is 6.71. The van der Waals surface area contributed by atoms with Crippen molar-refractivity contribution in [3.05, 3.63) is 12.2 Å². The Kier molecular flexibility index (Phi) is 5.30. The molecule has 3 nitrogen and oxygen atoms in total. The monoisotopic (exact) mass is 470 g/mol. The minimum atomic E-state index is -0.784. The average molecular weight is 471 g/mol. The van der Waals surface area contributed by atoms with E-state index in [1.54, 1.807) is 0 Å². The fraction of sp³-hybridized carbons (Fsp3) is 0.903.